The molecule has 0 bridgehead atoms. The summed E-state index contributed by atoms with van der Waals surface area (Å²) in [5, 5.41) is 9.64. The first-order valence-corrected chi connectivity index (χ1v) is 8.61. The number of nitrogens with zero attached hydrogens (tertiary/aromatic N) is 2. The lowest BCUT2D eigenvalue weighted by atomic mass is 10.1. The van der Waals surface area contributed by atoms with Gasteiger partial charge in [0.05, 0.1) is 19.3 Å². The summed E-state index contributed by atoms with van der Waals surface area (Å²) in [6, 6.07) is 7.60. The first kappa shape index (κ1) is 18.5. The maximum absolute atomic E-state index is 12.3. The molecule has 7 heteroatoms. The van der Waals surface area contributed by atoms with E-state index in [1.54, 1.807) is 11.8 Å². The van der Waals surface area contributed by atoms with Crippen molar-refractivity contribution in [2.75, 3.05) is 37.7 Å². The molecule has 1 N–H and O–H groups in total. The summed E-state index contributed by atoms with van der Waals surface area (Å²) in [6.45, 7) is 3.52. The average Bonchev–Trinajstić information content (AvgIpc) is 2.60. The van der Waals surface area contributed by atoms with E-state index in [0.717, 1.165) is 16.2 Å². The zero-order valence-electron chi connectivity index (χ0n) is 13.5. The zero-order chi connectivity index (χ0) is 17.5. The van der Waals surface area contributed by atoms with Crippen LogP contribution in [0, 0.1) is 0 Å². The van der Waals surface area contributed by atoms with Gasteiger partial charge in [-0.05, 0) is 31.2 Å². The van der Waals surface area contributed by atoms with Crippen molar-refractivity contribution in [1.29, 1.82) is 0 Å². The molecule has 1 saturated heterocycles. The van der Waals surface area contributed by atoms with Gasteiger partial charge in [-0.3, -0.25) is 4.79 Å². The summed E-state index contributed by atoms with van der Waals surface area (Å²) in [5.74, 6) is -0.836. The maximum atomic E-state index is 12.3. The molecule has 1 aromatic carbocycles. The van der Waals surface area contributed by atoms with Gasteiger partial charge < -0.3 is 19.6 Å². The lowest BCUT2D eigenvalue weighted by Crippen LogP contribution is -2.56. The van der Waals surface area contributed by atoms with Crippen molar-refractivity contribution in [3.63, 3.8) is 0 Å². The molecule has 1 aliphatic heterocycles. The van der Waals surface area contributed by atoms with Crippen LogP contribution in [0.1, 0.15) is 6.92 Å². The summed E-state index contributed by atoms with van der Waals surface area (Å²) in [4.78, 5) is 27.3. The first-order valence-electron chi connectivity index (χ1n) is 7.82. The molecule has 1 aromatic rings. The van der Waals surface area contributed by atoms with E-state index >= 15 is 0 Å². The van der Waals surface area contributed by atoms with Crippen LogP contribution in [-0.2, 0) is 14.3 Å². The van der Waals surface area contributed by atoms with Crippen LogP contribution in [0.2, 0.25) is 0 Å². The third-order valence-electron chi connectivity index (χ3n) is 3.82. The second-order valence-electron chi connectivity index (χ2n) is 5.38. The number of piperazine rings is 1. The van der Waals surface area contributed by atoms with Gasteiger partial charge in [0.1, 0.15) is 0 Å². The molecule has 0 saturated carbocycles. The molecule has 1 atom stereocenters. The zero-order valence-corrected chi connectivity index (χ0v) is 15.1. The standard InChI is InChI=1S/C17H21BrN2O4/c1-2-24-17(23)8-7-16(22)20-10-9-19(11-15(20)12-21)14-5-3-13(18)4-6-14/h3-8,15,21H,2,9-12H2,1H3. The number of hydrogen-bond acceptors (Lipinski definition) is 5. The Morgan fingerprint density at radius 3 is 2.62 bits per heavy atom. The Morgan fingerprint density at radius 1 is 1.29 bits per heavy atom. The molecule has 130 valence electrons. The van der Waals surface area contributed by atoms with Crippen molar-refractivity contribution in [2.45, 2.75) is 13.0 Å². The number of halogens is 1. The summed E-state index contributed by atoms with van der Waals surface area (Å²) in [6.07, 6.45) is 2.33. The van der Waals surface area contributed by atoms with E-state index in [9.17, 15) is 14.7 Å². The van der Waals surface area contributed by atoms with E-state index in [-0.39, 0.29) is 25.2 Å². The fourth-order valence-electron chi connectivity index (χ4n) is 2.61. The van der Waals surface area contributed by atoms with E-state index in [1.165, 1.54) is 6.08 Å². The van der Waals surface area contributed by atoms with Gasteiger partial charge in [0.15, 0.2) is 0 Å². The van der Waals surface area contributed by atoms with Crippen molar-refractivity contribution >= 4 is 33.5 Å². The number of rotatable bonds is 5. The Hall–Kier alpha value is -1.86. The minimum Gasteiger partial charge on any atom is -0.463 e. The Bertz CT molecular complexity index is 603. The van der Waals surface area contributed by atoms with E-state index in [0.29, 0.717) is 19.6 Å². The van der Waals surface area contributed by atoms with Gasteiger partial charge in [-0.15, -0.1) is 0 Å². The number of carbonyl (C=O) groups excluding carboxylic acids is 2. The van der Waals surface area contributed by atoms with Crippen LogP contribution < -0.4 is 4.90 Å². The molecule has 24 heavy (non-hydrogen) atoms. The SMILES string of the molecule is CCOC(=O)C=CC(=O)N1CCN(c2ccc(Br)cc2)CC1CO. The summed E-state index contributed by atoms with van der Waals surface area (Å²) in [5.41, 5.74) is 1.05. The predicted octanol–water partition coefficient (Wildman–Crippen LogP) is 1.58. The Kier molecular flexibility index (Phi) is 6.81. The lowest BCUT2D eigenvalue weighted by Gasteiger charge is -2.41. The number of benzene rings is 1. The normalized spacial score (nSPS) is 18.0. The quantitative estimate of drug-likeness (QED) is 0.604. The van der Waals surface area contributed by atoms with Gasteiger partial charge in [0.2, 0.25) is 5.91 Å². The summed E-state index contributed by atoms with van der Waals surface area (Å²) in [7, 11) is 0. The van der Waals surface area contributed by atoms with E-state index < -0.39 is 5.97 Å². The van der Waals surface area contributed by atoms with Gasteiger partial charge >= 0.3 is 5.97 Å². The van der Waals surface area contributed by atoms with Crippen molar-refractivity contribution in [2.24, 2.45) is 0 Å². The third-order valence-corrected chi connectivity index (χ3v) is 4.35. The highest BCUT2D eigenvalue weighted by Crippen LogP contribution is 2.21. The van der Waals surface area contributed by atoms with Crippen molar-refractivity contribution in [1.82, 2.24) is 4.90 Å². The predicted molar refractivity (Wildman–Crippen MR) is 94.7 cm³/mol. The van der Waals surface area contributed by atoms with E-state index in [2.05, 4.69) is 20.8 Å². The molecule has 6 nitrogen and oxygen atoms in total. The highest BCUT2D eigenvalue weighted by atomic mass is 79.9. The Balaban J connectivity index is 2.00. The summed E-state index contributed by atoms with van der Waals surface area (Å²) < 4.78 is 5.76. The molecule has 1 fully saturated rings. The monoisotopic (exact) mass is 396 g/mol. The second-order valence-corrected chi connectivity index (χ2v) is 6.29. The van der Waals surface area contributed by atoms with E-state index in [4.69, 9.17) is 4.74 Å². The van der Waals surface area contributed by atoms with E-state index in [1.807, 2.05) is 24.3 Å². The van der Waals surface area contributed by atoms with Crippen LogP contribution >= 0.6 is 15.9 Å². The number of anilines is 1. The second kappa shape index (κ2) is 8.84. The summed E-state index contributed by atoms with van der Waals surface area (Å²) >= 11 is 3.41. The largest absolute Gasteiger partial charge is 0.463 e. The van der Waals surface area contributed by atoms with Gasteiger partial charge in [-0.1, -0.05) is 15.9 Å². The fraction of sp³-hybridized carbons (Fsp3) is 0.412. The van der Waals surface area contributed by atoms with Crippen LogP contribution in [0.3, 0.4) is 0 Å². The molecule has 0 aliphatic carbocycles. The highest BCUT2D eigenvalue weighted by molar-refractivity contribution is 9.10. The number of aliphatic hydroxyl groups is 1. The molecule has 1 heterocycles. The van der Waals surface area contributed by atoms with Crippen LogP contribution in [0.4, 0.5) is 5.69 Å². The molecule has 2 rings (SSSR count). The molecular formula is C17H21BrN2O4. The number of aliphatic hydroxyl groups excluding tert-OH is 1. The number of esters is 1. The molecule has 1 aliphatic rings. The average molecular weight is 397 g/mol. The molecule has 0 aromatic heterocycles. The van der Waals surface area contributed by atoms with Crippen molar-refractivity contribution < 1.29 is 19.4 Å². The number of ether oxygens (including phenoxy) is 1. The number of hydrogen-bond donors (Lipinski definition) is 1. The molecule has 1 unspecified atom stereocenters. The topological polar surface area (TPSA) is 70.1 Å². The lowest BCUT2D eigenvalue weighted by molar-refractivity contribution is -0.138. The minimum atomic E-state index is -0.542. The molecule has 0 radical (unpaired) electrons. The molecule has 1 amide bonds. The van der Waals surface area contributed by atoms with Gasteiger partial charge in [-0.2, -0.15) is 0 Å². The first-order chi connectivity index (χ1) is 11.5. The maximum Gasteiger partial charge on any atom is 0.330 e. The third kappa shape index (κ3) is 4.82. The van der Waals surface area contributed by atoms with Crippen molar-refractivity contribution in [3.8, 4) is 0 Å². The van der Waals surface area contributed by atoms with Gasteiger partial charge in [0, 0.05) is 41.9 Å². The van der Waals surface area contributed by atoms with Crippen LogP contribution in [-0.4, -0.2) is 60.8 Å². The number of carbonyl (C=O) groups is 2. The molecule has 0 spiro atoms. The van der Waals surface area contributed by atoms with Crippen molar-refractivity contribution in [3.05, 3.63) is 40.9 Å². The Labute approximate surface area is 149 Å². The van der Waals surface area contributed by atoms with Crippen LogP contribution in [0.25, 0.3) is 0 Å². The van der Waals surface area contributed by atoms with Crippen LogP contribution in [0.5, 0.6) is 0 Å². The minimum absolute atomic E-state index is 0.133. The molecular weight excluding hydrogens is 376 g/mol. The Morgan fingerprint density at radius 2 is 2.00 bits per heavy atom. The highest BCUT2D eigenvalue weighted by Gasteiger charge is 2.29. The number of amides is 1. The van der Waals surface area contributed by atoms with Gasteiger partial charge in [-0.25, -0.2) is 4.79 Å². The smallest absolute Gasteiger partial charge is 0.330 e. The fourth-order valence-corrected chi connectivity index (χ4v) is 2.88. The van der Waals surface area contributed by atoms with Gasteiger partial charge in [0.25, 0.3) is 0 Å². The van der Waals surface area contributed by atoms with Crippen LogP contribution in [0.15, 0.2) is 40.9 Å².